The number of hydrogen-bond acceptors (Lipinski definition) is 1. The fourth-order valence-electron chi connectivity index (χ4n) is 1.62. The first-order chi connectivity index (χ1) is 5.34. The van der Waals surface area contributed by atoms with Gasteiger partial charge in [0, 0.05) is 0 Å². The first kappa shape index (κ1) is 9.78. The number of hydrogen-bond donors (Lipinski definition) is 0. The van der Waals surface area contributed by atoms with Gasteiger partial charge in [-0.1, -0.05) is 42.4 Å². The minimum absolute atomic E-state index is 0.804. The molecule has 0 radical (unpaired) electrons. The van der Waals surface area contributed by atoms with Crippen molar-refractivity contribution in [2.45, 2.75) is 43.1 Å². The van der Waals surface area contributed by atoms with Crippen LogP contribution in [-0.4, -0.2) is 22.0 Å². The summed E-state index contributed by atoms with van der Waals surface area (Å²) in [4.78, 5) is 2.63. The highest BCUT2D eigenvalue weighted by Crippen LogP contribution is 2.19. The smallest absolute Gasteiger partial charge is 0.0618 e. The van der Waals surface area contributed by atoms with E-state index in [-0.39, 0.29) is 0 Å². The van der Waals surface area contributed by atoms with E-state index in [0.717, 1.165) is 4.05 Å². The molecule has 0 aliphatic carbocycles. The van der Waals surface area contributed by atoms with Crippen LogP contribution in [0.15, 0.2) is 0 Å². The average Bonchev–Trinajstić information content (AvgIpc) is 2.07. The standard InChI is InChI=1S/C9H18IN/c1-2-6-9(10)11-7-4-3-5-8-11/h9H,2-8H2,1H3. The summed E-state index contributed by atoms with van der Waals surface area (Å²) in [5.74, 6) is 0. The summed E-state index contributed by atoms with van der Waals surface area (Å²) in [5, 5.41) is 0. The normalized spacial score (nSPS) is 23.5. The number of piperidine rings is 1. The molecule has 1 nitrogen and oxygen atoms in total. The highest BCUT2D eigenvalue weighted by Gasteiger charge is 2.16. The maximum absolute atomic E-state index is 2.63. The third kappa shape index (κ3) is 3.28. The summed E-state index contributed by atoms with van der Waals surface area (Å²) in [6.45, 7) is 4.96. The number of nitrogens with zero attached hydrogens (tertiary/aromatic N) is 1. The topological polar surface area (TPSA) is 3.24 Å². The lowest BCUT2D eigenvalue weighted by molar-refractivity contribution is 0.215. The van der Waals surface area contributed by atoms with Gasteiger partial charge in [-0.25, -0.2) is 0 Å². The Labute approximate surface area is 83.7 Å². The Morgan fingerprint density at radius 1 is 1.27 bits per heavy atom. The molecule has 1 aliphatic rings. The summed E-state index contributed by atoms with van der Waals surface area (Å²) in [6, 6.07) is 0. The van der Waals surface area contributed by atoms with Gasteiger partial charge in [0.05, 0.1) is 4.05 Å². The number of halogens is 1. The first-order valence-corrected chi connectivity index (χ1v) is 5.97. The van der Waals surface area contributed by atoms with Gasteiger partial charge in [-0.3, -0.25) is 4.90 Å². The minimum Gasteiger partial charge on any atom is -0.292 e. The van der Waals surface area contributed by atoms with E-state index < -0.39 is 0 Å². The molecule has 0 amide bonds. The fourth-order valence-corrected chi connectivity index (χ4v) is 2.80. The van der Waals surface area contributed by atoms with Crippen LogP contribution in [0, 0.1) is 0 Å². The van der Waals surface area contributed by atoms with Gasteiger partial charge in [0.2, 0.25) is 0 Å². The number of likely N-dealkylation sites (tertiary alicyclic amines) is 1. The molecule has 0 saturated carbocycles. The molecular weight excluding hydrogens is 249 g/mol. The van der Waals surface area contributed by atoms with Gasteiger partial charge in [-0.15, -0.1) is 0 Å². The Hall–Kier alpha value is 0.690. The summed E-state index contributed by atoms with van der Waals surface area (Å²) < 4.78 is 0.804. The van der Waals surface area contributed by atoms with Crippen molar-refractivity contribution in [2.24, 2.45) is 0 Å². The molecule has 1 unspecified atom stereocenters. The molecule has 0 N–H and O–H groups in total. The molecule has 2 heteroatoms. The van der Waals surface area contributed by atoms with Gasteiger partial charge in [0.1, 0.15) is 0 Å². The van der Waals surface area contributed by atoms with E-state index in [1.807, 2.05) is 0 Å². The van der Waals surface area contributed by atoms with Gasteiger partial charge in [-0.2, -0.15) is 0 Å². The Kier molecular flexibility index (Phi) is 4.76. The molecule has 66 valence electrons. The molecule has 1 heterocycles. The molecule has 0 aromatic carbocycles. The molecular formula is C9H18IN. The Bertz CT molecular complexity index is 99.7. The quantitative estimate of drug-likeness (QED) is 0.431. The van der Waals surface area contributed by atoms with Gasteiger partial charge in [-0.05, 0) is 32.4 Å². The molecule has 11 heavy (non-hydrogen) atoms. The van der Waals surface area contributed by atoms with Crippen LogP contribution in [-0.2, 0) is 0 Å². The van der Waals surface area contributed by atoms with Crippen LogP contribution in [0.5, 0.6) is 0 Å². The molecule has 0 bridgehead atoms. The Balaban J connectivity index is 2.21. The van der Waals surface area contributed by atoms with E-state index in [1.165, 1.54) is 45.2 Å². The molecule has 0 spiro atoms. The molecule has 1 saturated heterocycles. The summed E-state index contributed by atoms with van der Waals surface area (Å²) in [5.41, 5.74) is 0. The van der Waals surface area contributed by atoms with Gasteiger partial charge < -0.3 is 0 Å². The summed E-state index contributed by atoms with van der Waals surface area (Å²) >= 11 is 2.59. The molecule has 1 atom stereocenters. The minimum atomic E-state index is 0.804. The van der Waals surface area contributed by atoms with Gasteiger partial charge >= 0.3 is 0 Å². The zero-order valence-corrected chi connectivity index (χ0v) is 9.51. The van der Waals surface area contributed by atoms with Crippen LogP contribution < -0.4 is 0 Å². The predicted molar refractivity (Wildman–Crippen MR) is 58.1 cm³/mol. The van der Waals surface area contributed by atoms with Crippen LogP contribution in [0.25, 0.3) is 0 Å². The summed E-state index contributed by atoms with van der Waals surface area (Å²) in [7, 11) is 0. The maximum atomic E-state index is 2.63. The Morgan fingerprint density at radius 3 is 2.45 bits per heavy atom. The highest BCUT2D eigenvalue weighted by atomic mass is 127. The highest BCUT2D eigenvalue weighted by molar-refractivity contribution is 14.1. The van der Waals surface area contributed by atoms with E-state index in [0.29, 0.717) is 0 Å². The lowest BCUT2D eigenvalue weighted by Crippen LogP contribution is -2.35. The van der Waals surface area contributed by atoms with Crippen molar-refractivity contribution in [3.8, 4) is 0 Å². The zero-order valence-electron chi connectivity index (χ0n) is 7.35. The lowest BCUT2D eigenvalue weighted by Gasteiger charge is -2.30. The SMILES string of the molecule is CCCC(I)N1CCCCC1. The fraction of sp³-hybridized carbons (Fsp3) is 1.00. The van der Waals surface area contributed by atoms with E-state index >= 15 is 0 Å². The second-order valence-corrected chi connectivity index (χ2v) is 4.76. The van der Waals surface area contributed by atoms with Gasteiger partial charge in [0.15, 0.2) is 0 Å². The number of rotatable bonds is 3. The molecule has 1 rings (SSSR count). The second kappa shape index (κ2) is 5.36. The van der Waals surface area contributed by atoms with Crippen LogP contribution in [0.1, 0.15) is 39.0 Å². The van der Waals surface area contributed by atoms with E-state index in [4.69, 9.17) is 0 Å². The summed E-state index contributed by atoms with van der Waals surface area (Å²) in [6.07, 6.45) is 6.98. The van der Waals surface area contributed by atoms with Gasteiger partial charge in [0.25, 0.3) is 0 Å². The average molecular weight is 267 g/mol. The monoisotopic (exact) mass is 267 g/mol. The van der Waals surface area contributed by atoms with Crippen LogP contribution in [0.4, 0.5) is 0 Å². The third-order valence-corrected chi connectivity index (χ3v) is 3.72. The van der Waals surface area contributed by atoms with Crippen molar-refractivity contribution in [3.05, 3.63) is 0 Å². The van der Waals surface area contributed by atoms with E-state index in [9.17, 15) is 0 Å². The zero-order chi connectivity index (χ0) is 8.10. The van der Waals surface area contributed by atoms with Crippen LogP contribution in [0.2, 0.25) is 0 Å². The first-order valence-electron chi connectivity index (χ1n) is 4.72. The molecule has 1 fully saturated rings. The molecule has 0 aromatic rings. The van der Waals surface area contributed by atoms with Crippen molar-refractivity contribution >= 4 is 22.6 Å². The predicted octanol–water partition coefficient (Wildman–Crippen LogP) is 3.03. The van der Waals surface area contributed by atoms with E-state index in [2.05, 4.69) is 34.4 Å². The van der Waals surface area contributed by atoms with Crippen molar-refractivity contribution in [1.29, 1.82) is 0 Å². The van der Waals surface area contributed by atoms with E-state index in [1.54, 1.807) is 0 Å². The van der Waals surface area contributed by atoms with Crippen LogP contribution >= 0.6 is 22.6 Å². The van der Waals surface area contributed by atoms with Crippen molar-refractivity contribution in [2.75, 3.05) is 13.1 Å². The van der Waals surface area contributed by atoms with Crippen molar-refractivity contribution < 1.29 is 0 Å². The maximum Gasteiger partial charge on any atom is 0.0618 e. The molecule has 0 aromatic heterocycles. The number of alkyl halides is 1. The van der Waals surface area contributed by atoms with Crippen molar-refractivity contribution in [1.82, 2.24) is 4.90 Å². The van der Waals surface area contributed by atoms with Crippen LogP contribution in [0.3, 0.4) is 0 Å². The van der Waals surface area contributed by atoms with Crippen molar-refractivity contribution in [3.63, 3.8) is 0 Å². The molecule has 1 aliphatic heterocycles. The Morgan fingerprint density at radius 2 is 1.91 bits per heavy atom. The largest absolute Gasteiger partial charge is 0.292 e. The third-order valence-electron chi connectivity index (χ3n) is 2.31. The lowest BCUT2D eigenvalue weighted by atomic mass is 10.1. The second-order valence-electron chi connectivity index (χ2n) is 3.32.